The number of hydrogen-bond donors (Lipinski definition) is 4. The van der Waals surface area contributed by atoms with E-state index in [1.807, 2.05) is 37.3 Å². The monoisotopic (exact) mass is 399 g/mol. The third-order valence-corrected chi connectivity index (χ3v) is 4.19. The fourth-order valence-corrected chi connectivity index (χ4v) is 2.67. The predicted octanol–water partition coefficient (Wildman–Crippen LogP) is 0.795. The Hall–Kier alpha value is -3.39. The molecule has 0 radical (unpaired) electrons. The third kappa shape index (κ3) is 7.27. The average Bonchev–Trinajstić information content (AvgIpc) is 2.70. The molecule has 0 fully saturated rings. The van der Waals surface area contributed by atoms with Crippen LogP contribution >= 0.6 is 0 Å². The maximum Gasteiger partial charge on any atom is 0.408 e. The summed E-state index contributed by atoms with van der Waals surface area (Å²) < 4.78 is 5.04. The number of rotatable bonds is 9. The Morgan fingerprint density at radius 3 is 2.31 bits per heavy atom. The van der Waals surface area contributed by atoms with Gasteiger partial charge in [0.2, 0.25) is 11.8 Å². The molecule has 0 bridgehead atoms. The fourth-order valence-electron chi connectivity index (χ4n) is 2.67. The molecule has 0 aliphatic heterocycles. The van der Waals surface area contributed by atoms with Crippen LogP contribution in [-0.4, -0.2) is 41.7 Å². The van der Waals surface area contributed by atoms with Crippen LogP contribution in [0.3, 0.4) is 0 Å². The summed E-state index contributed by atoms with van der Waals surface area (Å²) >= 11 is 0. The van der Waals surface area contributed by atoms with Gasteiger partial charge in [-0.1, -0.05) is 60.2 Å². The van der Waals surface area contributed by atoms with Gasteiger partial charge in [0.05, 0.1) is 6.61 Å². The maximum absolute atomic E-state index is 12.4. The molecular weight excluding hydrogens is 374 g/mol. The van der Waals surface area contributed by atoms with Crippen LogP contribution in [0, 0.1) is 6.92 Å². The first kappa shape index (κ1) is 21.9. The van der Waals surface area contributed by atoms with E-state index >= 15 is 0 Å². The lowest BCUT2D eigenvalue weighted by atomic mass is 10.0. The quantitative estimate of drug-likeness (QED) is 0.495. The smallest absolute Gasteiger partial charge is 0.408 e. The molecule has 29 heavy (non-hydrogen) atoms. The second-order valence-electron chi connectivity index (χ2n) is 6.60. The first-order chi connectivity index (χ1) is 13.9. The highest BCUT2D eigenvalue weighted by molar-refractivity contribution is 5.91. The van der Waals surface area contributed by atoms with Crippen LogP contribution in [-0.2, 0) is 27.4 Å². The van der Waals surface area contributed by atoms with Crippen molar-refractivity contribution in [1.29, 1.82) is 0 Å². The number of carbonyl (C=O) groups excluding carboxylic acids is 3. The molecule has 5 N–H and O–H groups in total. The SMILES string of the molecule is Cc1cccc(C[C@@H](NC(=O)[C@H](CO)NC(=O)OCc2ccccc2)C(N)=O)c1. The Labute approximate surface area is 169 Å². The summed E-state index contributed by atoms with van der Waals surface area (Å²) in [6.45, 7) is 1.26. The lowest BCUT2D eigenvalue weighted by Crippen LogP contribution is -2.54. The van der Waals surface area contributed by atoms with Crippen LogP contribution in [0.1, 0.15) is 16.7 Å². The van der Waals surface area contributed by atoms with Crippen molar-refractivity contribution in [3.8, 4) is 0 Å². The van der Waals surface area contributed by atoms with E-state index in [0.717, 1.165) is 16.7 Å². The van der Waals surface area contributed by atoms with Crippen LogP contribution in [0.4, 0.5) is 4.79 Å². The summed E-state index contributed by atoms with van der Waals surface area (Å²) in [4.78, 5) is 36.1. The number of aliphatic hydroxyl groups is 1. The topological polar surface area (TPSA) is 131 Å². The second kappa shape index (κ2) is 10.8. The zero-order valence-electron chi connectivity index (χ0n) is 16.1. The van der Waals surface area contributed by atoms with Crippen LogP contribution in [0.15, 0.2) is 54.6 Å². The van der Waals surface area contributed by atoms with E-state index in [0.29, 0.717) is 0 Å². The second-order valence-corrected chi connectivity index (χ2v) is 6.60. The Morgan fingerprint density at radius 2 is 1.69 bits per heavy atom. The number of hydrogen-bond acceptors (Lipinski definition) is 5. The Balaban J connectivity index is 1.92. The number of aryl methyl sites for hydroxylation is 1. The number of alkyl carbamates (subject to hydrolysis) is 1. The van der Waals surface area contributed by atoms with Crippen molar-refractivity contribution in [3.05, 3.63) is 71.3 Å². The summed E-state index contributed by atoms with van der Waals surface area (Å²) in [6, 6.07) is 14.2. The van der Waals surface area contributed by atoms with Crippen molar-refractivity contribution >= 4 is 17.9 Å². The van der Waals surface area contributed by atoms with Crippen molar-refractivity contribution in [3.63, 3.8) is 0 Å². The standard InChI is InChI=1S/C21H25N3O5/c1-14-6-5-9-16(10-14)11-17(19(22)26)23-20(27)18(12-25)24-21(28)29-13-15-7-3-2-4-8-15/h2-10,17-18,25H,11-13H2,1H3,(H2,22,26)(H,23,27)(H,24,28)/t17-,18+/m1/s1. The van der Waals surface area contributed by atoms with Gasteiger partial charge in [-0.25, -0.2) is 4.79 Å². The predicted molar refractivity (Wildman–Crippen MR) is 107 cm³/mol. The van der Waals surface area contributed by atoms with Gasteiger partial charge in [-0.15, -0.1) is 0 Å². The summed E-state index contributed by atoms with van der Waals surface area (Å²) in [5.41, 5.74) is 8.01. The zero-order chi connectivity index (χ0) is 21.2. The minimum absolute atomic E-state index is 0.0176. The number of ether oxygens (including phenoxy) is 1. The van der Waals surface area contributed by atoms with Gasteiger partial charge >= 0.3 is 6.09 Å². The normalized spacial score (nSPS) is 12.5. The van der Waals surface area contributed by atoms with E-state index in [2.05, 4.69) is 10.6 Å². The minimum atomic E-state index is -1.28. The van der Waals surface area contributed by atoms with Gasteiger partial charge in [-0.3, -0.25) is 9.59 Å². The molecule has 0 saturated heterocycles. The number of primary amides is 1. The third-order valence-electron chi connectivity index (χ3n) is 4.19. The van der Waals surface area contributed by atoms with E-state index in [4.69, 9.17) is 10.5 Å². The van der Waals surface area contributed by atoms with Gasteiger partial charge in [-0.2, -0.15) is 0 Å². The van der Waals surface area contributed by atoms with E-state index < -0.39 is 36.6 Å². The van der Waals surface area contributed by atoms with Crippen molar-refractivity contribution in [1.82, 2.24) is 10.6 Å². The first-order valence-corrected chi connectivity index (χ1v) is 9.12. The molecule has 2 rings (SSSR count). The molecule has 0 saturated carbocycles. The first-order valence-electron chi connectivity index (χ1n) is 9.12. The highest BCUT2D eigenvalue weighted by Crippen LogP contribution is 2.07. The van der Waals surface area contributed by atoms with E-state index in [1.165, 1.54) is 0 Å². The maximum atomic E-state index is 12.4. The molecule has 2 aromatic carbocycles. The highest BCUT2D eigenvalue weighted by atomic mass is 16.5. The molecule has 0 aliphatic rings. The largest absolute Gasteiger partial charge is 0.445 e. The van der Waals surface area contributed by atoms with Gasteiger partial charge < -0.3 is 26.2 Å². The molecule has 0 unspecified atom stereocenters. The lowest BCUT2D eigenvalue weighted by molar-refractivity contribution is -0.129. The van der Waals surface area contributed by atoms with Gasteiger partial charge in [-0.05, 0) is 18.1 Å². The van der Waals surface area contributed by atoms with Crippen molar-refractivity contribution in [2.24, 2.45) is 5.73 Å². The number of benzene rings is 2. The van der Waals surface area contributed by atoms with Crippen LogP contribution in [0.2, 0.25) is 0 Å². The summed E-state index contributed by atoms with van der Waals surface area (Å²) in [6.07, 6.45) is -0.670. The fraction of sp³-hybridized carbons (Fsp3) is 0.286. The Kier molecular flexibility index (Phi) is 8.17. The highest BCUT2D eigenvalue weighted by Gasteiger charge is 2.26. The number of nitrogens with two attached hydrogens (primary N) is 1. The Bertz CT molecular complexity index is 841. The molecule has 8 nitrogen and oxygen atoms in total. The minimum Gasteiger partial charge on any atom is -0.445 e. The molecule has 8 heteroatoms. The van der Waals surface area contributed by atoms with Crippen molar-refractivity contribution < 1.29 is 24.2 Å². The molecular formula is C21H25N3O5. The van der Waals surface area contributed by atoms with E-state index in [-0.39, 0.29) is 13.0 Å². The molecule has 0 spiro atoms. The molecule has 2 atom stereocenters. The number of carbonyl (C=O) groups is 3. The van der Waals surface area contributed by atoms with Crippen molar-refractivity contribution in [2.75, 3.05) is 6.61 Å². The molecule has 0 aliphatic carbocycles. The summed E-state index contributed by atoms with van der Waals surface area (Å²) in [5, 5.41) is 14.2. The van der Waals surface area contributed by atoms with Crippen molar-refractivity contribution in [2.45, 2.75) is 32.0 Å². The van der Waals surface area contributed by atoms with Crippen LogP contribution < -0.4 is 16.4 Å². The number of amides is 3. The molecule has 0 heterocycles. The number of nitrogens with one attached hydrogen (secondary N) is 2. The van der Waals surface area contributed by atoms with Crippen LogP contribution in [0.5, 0.6) is 0 Å². The molecule has 0 aromatic heterocycles. The summed E-state index contributed by atoms with van der Waals surface area (Å²) in [5.74, 6) is -1.45. The molecule has 2 aromatic rings. The summed E-state index contributed by atoms with van der Waals surface area (Å²) in [7, 11) is 0. The molecule has 154 valence electrons. The molecule has 3 amide bonds. The Morgan fingerprint density at radius 1 is 1.00 bits per heavy atom. The van der Waals surface area contributed by atoms with Crippen LogP contribution in [0.25, 0.3) is 0 Å². The number of aliphatic hydroxyl groups excluding tert-OH is 1. The van der Waals surface area contributed by atoms with E-state index in [1.54, 1.807) is 24.3 Å². The lowest BCUT2D eigenvalue weighted by Gasteiger charge is -2.20. The zero-order valence-corrected chi connectivity index (χ0v) is 16.1. The van der Waals surface area contributed by atoms with Gasteiger partial charge in [0.1, 0.15) is 18.7 Å². The van der Waals surface area contributed by atoms with Gasteiger partial charge in [0.25, 0.3) is 0 Å². The van der Waals surface area contributed by atoms with E-state index in [9.17, 15) is 19.5 Å². The average molecular weight is 399 g/mol. The van der Waals surface area contributed by atoms with Gasteiger partial charge in [0, 0.05) is 6.42 Å². The van der Waals surface area contributed by atoms with Gasteiger partial charge in [0.15, 0.2) is 0 Å².